The number of amides is 1. The van der Waals surface area contributed by atoms with Gasteiger partial charge in [0.05, 0.1) is 6.42 Å². The highest BCUT2D eigenvalue weighted by Gasteiger charge is 2.30. The Morgan fingerprint density at radius 2 is 1.33 bits per heavy atom. The normalized spacial score (nSPS) is 10.8. The zero-order chi connectivity index (χ0) is 22.0. The molecule has 30 heavy (non-hydrogen) atoms. The predicted molar refractivity (Wildman–Crippen MR) is 110 cm³/mol. The summed E-state index contributed by atoms with van der Waals surface area (Å²) in [7, 11) is 0. The van der Waals surface area contributed by atoms with Gasteiger partial charge in [0.15, 0.2) is 0 Å². The van der Waals surface area contributed by atoms with Gasteiger partial charge in [-0.25, -0.2) is 4.79 Å². The average Bonchev–Trinajstić information content (AvgIpc) is 2.71. The Bertz CT molecular complexity index is 830. The summed E-state index contributed by atoms with van der Waals surface area (Å²) in [5.74, 6) is -1.08. The molecule has 0 atom stereocenters. The lowest BCUT2D eigenvalue weighted by atomic mass is 10.1. The maximum Gasteiger partial charge on any atom is 0.413 e. The summed E-state index contributed by atoms with van der Waals surface area (Å²) in [4.78, 5) is 37.7. The molecule has 0 spiro atoms. The average molecular weight is 413 g/mol. The molecule has 0 bridgehead atoms. The highest BCUT2D eigenvalue weighted by atomic mass is 16.7. The molecular formula is C23H27NO6. The van der Waals surface area contributed by atoms with Crippen LogP contribution in [-0.2, 0) is 36.8 Å². The zero-order valence-corrected chi connectivity index (χ0v) is 17.5. The first-order valence-corrected chi connectivity index (χ1v) is 9.59. The highest BCUT2D eigenvalue weighted by Crippen LogP contribution is 2.15. The fraction of sp³-hybridized carbons (Fsp3) is 0.348. The van der Waals surface area contributed by atoms with E-state index in [0.717, 1.165) is 11.1 Å². The molecule has 2 aromatic carbocycles. The van der Waals surface area contributed by atoms with Crippen LogP contribution in [0.4, 0.5) is 4.79 Å². The van der Waals surface area contributed by atoms with Gasteiger partial charge in [-0.05, 0) is 31.9 Å². The monoisotopic (exact) mass is 413 g/mol. The molecule has 0 aliphatic rings. The van der Waals surface area contributed by atoms with Gasteiger partial charge in [-0.1, -0.05) is 60.7 Å². The molecule has 2 aromatic rings. The molecule has 2 rings (SSSR count). The maximum absolute atomic E-state index is 12.4. The second-order valence-electron chi connectivity index (χ2n) is 7.61. The first kappa shape index (κ1) is 22.9. The number of benzene rings is 2. The Balaban J connectivity index is 1.81. The van der Waals surface area contributed by atoms with Crippen LogP contribution in [0.25, 0.3) is 0 Å². The third-order valence-corrected chi connectivity index (χ3v) is 4.15. The van der Waals surface area contributed by atoms with Crippen LogP contribution in [0.2, 0.25) is 0 Å². The molecule has 0 heterocycles. The van der Waals surface area contributed by atoms with Gasteiger partial charge < -0.3 is 14.2 Å². The highest BCUT2D eigenvalue weighted by molar-refractivity contribution is 5.78. The number of nitrogens with zero attached hydrogens (tertiary/aromatic N) is 1. The largest absolute Gasteiger partial charge is 0.459 e. The van der Waals surface area contributed by atoms with Crippen LogP contribution in [0.1, 0.15) is 31.9 Å². The lowest BCUT2D eigenvalue weighted by Gasteiger charge is -2.33. The van der Waals surface area contributed by atoms with Crippen molar-refractivity contribution in [2.45, 2.75) is 39.3 Å². The number of esters is 2. The second-order valence-corrected chi connectivity index (χ2v) is 7.61. The van der Waals surface area contributed by atoms with Gasteiger partial charge in [-0.3, -0.25) is 14.5 Å². The van der Waals surface area contributed by atoms with E-state index in [4.69, 9.17) is 14.2 Å². The summed E-state index contributed by atoms with van der Waals surface area (Å²) in [6.07, 6.45) is -0.695. The Hall–Kier alpha value is -3.35. The maximum atomic E-state index is 12.4. The van der Waals surface area contributed by atoms with E-state index in [0.29, 0.717) is 0 Å². The molecule has 0 saturated carbocycles. The Kier molecular flexibility index (Phi) is 8.41. The molecule has 0 fully saturated rings. The predicted octanol–water partition coefficient (Wildman–Crippen LogP) is 3.71. The molecule has 0 aliphatic carbocycles. The van der Waals surface area contributed by atoms with Crippen molar-refractivity contribution in [2.24, 2.45) is 0 Å². The minimum Gasteiger partial charge on any atom is -0.459 e. The lowest BCUT2D eigenvalue weighted by molar-refractivity contribution is -0.154. The van der Waals surface area contributed by atoms with Crippen molar-refractivity contribution >= 4 is 18.0 Å². The van der Waals surface area contributed by atoms with Crippen LogP contribution in [0, 0.1) is 0 Å². The SMILES string of the molecule is CC(C)(C)N(CC(=O)OCc1ccccc1)C(=O)OCOC(=O)Cc1ccccc1. The molecule has 0 radical (unpaired) electrons. The Labute approximate surface area is 176 Å². The van der Waals surface area contributed by atoms with Crippen molar-refractivity contribution in [3.8, 4) is 0 Å². The van der Waals surface area contributed by atoms with Crippen LogP contribution in [-0.4, -0.2) is 41.8 Å². The van der Waals surface area contributed by atoms with E-state index in [1.54, 1.807) is 32.9 Å². The van der Waals surface area contributed by atoms with Crippen LogP contribution in [0.3, 0.4) is 0 Å². The third kappa shape index (κ3) is 7.95. The summed E-state index contributed by atoms with van der Waals surface area (Å²) in [5, 5.41) is 0. The Morgan fingerprint density at radius 3 is 1.90 bits per heavy atom. The van der Waals surface area contributed by atoms with E-state index >= 15 is 0 Å². The van der Waals surface area contributed by atoms with Crippen molar-refractivity contribution in [1.29, 1.82) is 0 Å². The van der Waals surface area contributed by atoms with Gasteiger partial charge in [-0.2, -0.15) is 0 Å². The molecule has 7 heteroatoms. The number of hydrogen-bond acceptors (Lipinski definition) is 6. The van der Waals surface area contributed by atoms with Crippen LogP contribution in [0.15, 0.2) is 60.7 Å². The number of hydrogen-bond donors (Lipinski definition) is 0. The topological polar surface area (TPSA) is 82.1 Å². The van der Waals surface area contributed by atoms with Crippen LogP contribution >= 0.6 is 0 Å². The molecule has 0 unspecified atom stereocenters. The first-order valence-electron chi connectivity index (χ1n) is 9.59. The lowest BCUT2D eigenvalue weighted by Crippen LogP contribution is -2.49. The standard InChI is InChI=1S/C23H27NO6/c1-23(2,3)24(15-21(26)28-16-19-12-8-5-9-13-19)22(27)30-17-29-20(25)14-18-10-6-4-7-11-18/h4-13H,14-17H2,1-3H3. The summed E-state index contributed by atoms with van der Waals surface area (Å²) < 4.78 is 15.2. The van der Waals surface area contributed by atoms with Crippen LogP contribution < -0.4 is 0 Å². The number of rotatable bonds is 8. The van der Waals surface area contributed by atoms with E-state index < -0.39 is 30.4 Å². The van der Waals surface area contributed by atoms with Crippen molar-refractivity contribution in [2.75, 3.05) is 13.3 Å². The van der Waals surface area contributed by atoms with Crippen molar-refractivity contribution in [3.63, 3.8) is 0 Å². The van der Waals surface area contributed by atoms with Gasteiger partial charge in [0.1, 0.15) is 13.2 Å². The van der Waals surface area contributed by atoms with E-state index in [1.165, 1.54) is 4.90 Å². The van der Waals surface area contributed by atoms with E-state index in [9.17, 15) is 14.4 Å². The molecule has 0 N–H and O–H groups in total. The summed E-state index contributed by atoms with van der Waals surface area (Å²) >= 11 is 0. The molecule has 0 aliphatic heterocycles. The van der Waals surface area contributed by atoms with Crippen molar-refractivity contribution in [1.82, 2.24) is 4.90 Å². The molecule has 160 valence electrons. The van der Waals surface area contributed by atoms with Gasteiger partial charge >= 0.3 is 18.0 Å². The van der Waals surface area contributed by atoms with E-state index in [1.807, 2.05) is 48.5 Å². The molecule has 0 saturated heterocycles. The second kappa shape index (κ2) is 11.0. The van der Waals surface area contributed by atoms with Gasteiger partial charge in [0.2, 0.25) is 6.79 Å². The van der Waals surface area contributed by atoms with Gasteiger partial charge in [0, 0.05) is 5.54 Å². The smallest absolute Gasteiger partial charge is 0.413 e. The number of carbonyl (C=O) groups excluding carboxylic acids is 3. The van der Waals surface area contributed by atoms with Gasteiger partial charge in [0.25, 0.3) is 0 Å². The number of ether oxygens (including phenoxy) is 3. The molecule has 1 amide bonds. The fourth-order valence-corrected chi connectivity index (χ4v) is 2.53. The summed E-state index contributed by atoms with van der Waals surface area (Å²) in [6, 6.07) is 18.3. The third-order valence-electron chi connectivity index (χ3n) is 4.15. The Morgan fingerprint density at radius 1 is 0.767 bits per heavy atom. The molecule has 0 aromatic heterocycles. The summed E-state index contributed by atoms with van der Waals surface area (Å²) in [5.41, 5.74) is 0.948. The van der Waals surface area contributed by atoms with E-state index in [-0.39, 0.29) is 19.6 Å². The zero-order valence-electron chi connectivity index (χ0n) is 17.5. The fourth-order valence-electron chi connectivity index (χ4n) is 2.53. The van der Waals surface area contributed by atoms with Crippen LogP contribution in [0.5, 0.6) is 0 Å². The minimum atomic E-state index is -0.772. The molecular weight excluding hydrogens is 386 g/mol. The summed E-state index contributed by atoms with van der Waals surface area (Å²) in [6.45, 7) is 4.59. The van der Waals surface area contributed by atoms with Crippen molar-refractivity contribution in [3.05, 3.63) is 71.8 Å². The van der Waals surface area contributed by atoms with Gasteiger partial charge in [-0.15, -0.1) is 0 Å². The van der Waals surface area contributed by atoms with Crippen molar-refractivity contribution < 1.29 is 28.6 Å². The quantitative estimate of drug-likeness (QED) is 0.485. The van der Waals surface area contributed by atoms with E-state index in [2.05, 4.69) is 0 Å². The molecule has 7 nitrogen and oxygen atoms in total. The minimum absolute atomic E-state index is 0.0766. The first-order chi connectivity index (χ1) is 14.3. The number of carbonyl (C=O) groups is 3.